The van der Waals surface area contributed by atoms with Crippen LogP contribution in [0, 0.1) is 6.42 Å². The van der Waals surface area contributed by atoms with E-state index in [1.807, 2.05) is 0 Å². The molecule has 0 bridgehead atoms. The van der Waals surface area contributed by atoms with Gasteiger partial charge in [-0.1, -0.05) is 50.6 Å². The predicted octanol–water partition coefficient (Wildman–Crippen LogP) is 5.33. The van der Waals surface area contributed by atoms with E-state index in [1.54, 1.807) is 0 Å². The molecule has 0 spiro atoms. The molecule has 0 aromatic heterocycles. The van der Waals surface area contributed by atoms with Crippen molar-refractivity contribution in [3.63, 3.8) is 0 Å². The van der Waals surface area contributed by atoms with Crippen molar-refractivity contribution in [2.75, 3.05) is 0 Å². The molecule has 1 radical (unpaired) electrons. The summed E-state index contributed by atoms with van der Waals surface area (Å²) in [4.78, 5) is 0. The summed E-state index contributed by atoms with van der Waals surface area (Å²) in [5.74, 6) is 0. The van der Waals surface area contributed by atoms with Gasteiger partial charge in [0, 0.05) is 6.42 Å². The van der Waals surface area contributed by atoms with E-state index in [4.69, 9.17) is 17.2 Å². The van der Waals surface area contributed by atoms with Crippen LogP contribution in [0.3, 0.4) is 0 Å². The van der Waals surface area contributed by atoms with Crippen molar-refractivity contribution in [2.45, 2.75) is 33.1 Å². The zero-order valence-electron chi connectivity index (χ0n) is 10.6. The van der Waals surface area contributed by atoms with Crippen LogP contribution in [0.25, 0.3) is 6.08 Å². The van der Waals surface area contributed by atoms with E-state index >= 15 is 0 Å². The number of allylic oxidation sites excluding steroid dienone is 1. The third-order valence-electron chi connectivity index (χ3n) is 2.70. The Morgan fingerprint density at radius 2 is 1.71 bits per heavy atom. The number of rotatable bonds is 0. The number of halogens is 2. The van der Waals surface area contributed by atoms with Crippen molar-refractivity contribution in [1.82, 2.24) is 0 Å². The van der Waals surface area contributed by atoms with E-state index < -0.39 is 20.5 Å². The van der Waals surface area contributed by atoms with Gasteiger partial charge in [-0.05, 0) is 29.0 Å². The van der Waals surface area contributed by atoms with E-state index in [-0.39, 0.29) is 5.41 Å². The number of hydrogen-bond acceptors (Lipinski definition) is 0. The van der Waals surface area contributed by atoms with Crippen LogP contribution in [-0.2, 0) is 26.0 Å². The van der Waals surface area contributed by atoms with Crippen LogP contribution in [0.2, 0.25) is 0 Å². The van der Waals surface area contributed by atoms with Gasteiger partial charge in [0.25, 0.3) is 0 Å². The van der Waals surface area contributed by atoms with Crippen LogP contribution in [0.4, 0.5) is 0 Å². The monoisotopic (exact) mass is 435 g/mol. The second-order valence-corrected chi connectivity index (χ2v) is 10.4. The molecular formula is C14H17Cl2Hf. The second kappa shape index (κ2) is 6.54. The third kappa shape index (κ3) is 4.22. The molecule has 1 aromatic rings. The van der Waals surface area contributed by atoms with E-state index in [2.05, 4.69) is 58.4 Å². The van der Waals surface area contributed by atoms with Crippen molar-refractivity contribution < 1.29 is 20.5 Å². The molecule has 1 aliphatic carbocycles. The van der Waals surface area contributed by atoms with Gasteiger partial charge in [0.1, 0.15) is 0 Å². The first kappa shape index (κ1) is 15.5. The first-order valence-electron chi connectivity index (χ1n) is 5.53. The van der Waals surface area contributed by atoms with Crippen molar-refractivity contribution in [2.24, 2.45) is 0 Å². The summed E-state index contributed by atoms with van der Waals surface area (Å²) < 4.78 is 0. The maximum atomic E-state index is 4.96. The van der Waals surface area contributed by atoms with E-state index in [0.717, 1.165) is 0 Å². The minimum atomic E-state index is -0.972. The minimum absolute atomic E-state index is 0.236. The summed E-state index contributed by atoms with van der Waals surface area (Å²) >= 11 is -0.972. The van der Waals surface area contributed by atoms with Crippen LogP contribution >= 0.6 is 17.2 Å². The van der Waals surface area contributed by atoms with Crippen molar-refractivity contribution in [3.8, 4) is 0 Å². The van der Waals surface area contributed by atoms with E-state index in [9.17, 15) is 0 Å². The van der Waals surface area contributed by atoms with Crippen molar-refractivity contribution in [1.29, 1.82) is 0 Å². The first-order chi connectivity index (χ1) is 7.90. The van der Waals surface area contributed by atoms with E-state index in [0.29, 0.717) is 0 Å². The van der Waals surface area contributed by atoms with Crippen LogP contribution in [0.1, 0.15) is 44.4 Å². The standard InChI is InChI=1S/C14H17.2ClH.Hf/c1-10-8-11-6-5-7-13(12(11)9-10)14(2,3)4;;;/h5-9H,1-4H3;2*1H;/q;;;+2/p-2. The first-order valence-corrected chi connectivity index (χ1v) is 14.4. The summed E-state index contributed by atoms with van der Waals surface area (Å²) in [6.45, 7) is 8.96. The molecule has 2 rings (SSSR count). The van der Waals surface area contributed by atoms with Gasteiger partial charge in [-0.15, -0.1) is 0 Å². The Kier molecular flexibility index (Phi) is 5.95. The van der Waals surface area contributed by atoms with Crippen LogP contribution in [0.5, 0.6) is 0 Å². The van der Waals surface area contributed by atoms with Crippen molar-refractivity contribution >= 4 is 23.2 Å². The Balaban J connectivity index is 0.000000437. The van der Waals surface area contributed by atoms with Gasteiger partial charge in [-0.3, -0.25) is 0 Å². The molecule has 3 heteroatoms. The summed E-state index contributed by atoms with van der Waals surface area (Å²) in [7, 11) is 9.92. The van der Waals surface area contributed by atoms with Crippen LogP contribution in [-0.4, -0.2) is 0 Å². The SMILES string of the molecule is CC1=Cc2c(cccc2C(C)(C)C)[CH]1.[Cl][Hf][Cl]. The Morgan fingerprint density at radius 1 is 1.12 bits per heavy atom. The molecule has 0 nitrogen and oxygen atoms in total. The number of hydrogen-bond donors (Lipinski definition) is 0. The number of benzene rings is 1. The fraction of sp³-hybridized carbons (Fsp3) is 0.357. The van der Waals surface area contributed by atoms with Crippen LogP contribution in [0.15, 0.2) is 23.8 Å². The van der Waals surface area contributed by atoms with Crippen molar-refractivity contribution in [3.05, 3.63) is 46.9 Å². The molecule has 0 aliphatic heterocycles. The molecular weight excluding hydrogens is 418 g/mol. The molecule has 0 unspecified atom stereocenters. The molecule has 0 heterocycles. The Morgan fingerprint density at radius 3 is 2.24 bits per heavy atom. The third-order valence-corrected chi connectivity index (χ3v) is 2.70. The van der Waals surface area contributed by atoms with E-state index in [1.165, 1.54) is 22.3 Å². The molecule has 0 amide bonds. The quantitative estimate of drug-likeness (QED) is 0.484. The zero-order valence-corrected chi connectivity index (χ0v) is 15.7. The molecule has 0 N–H and O–H groups in total. The zero-order chi connectivity index (χ0) is 13.1. The fourth-order valence-corrected chi connectivity index (χ4v) is 2.04. The average molecular weight is 435 g/mol. The normalized spacial score (nSPS) is 13.4. The van der Waals surface area contributed by atoms with Gasteiger partial charge < -0.3 is 0 Å². The van der Waals surface area contributed by atoms with Gasteiger partial charge in [-0.2, -0.15) is 0 Å². The van der Waals surface area contributed by atoms with Gasteiger partial charge in [-0.25, -0.2) is 0 Å². The molecule has 1 aliphatic rings. The number of fused-ring (bicyclic) bond motifs is 1. The van der Waals surface area contributed by atoms with Gasteiger partial charge in [0.2, 0.25) is 0 Å². The topological polar surface area (TPSA) is 0 Å². The summed E-state index contributed by atoms with van der Waals surface area (Å²) in [6, 6.07) is 6.59. The predicted molar refractivity (Wildman–Crippen MR) is 73.9 cm³/mol. The summed E-state index contributed by atoms with van der Waals surface area (Å²) in [6.07, 6.45) is 4.54. The Hall–Kier alpha value is 0.410. The maximum absolute atomic E-state index is 4.96. The molecule has 17 heavy (non-hydrogen) atoms. The molecule has 0 atom stereocenters. The summed E-state index contributed by atoms with van der Waals surface area (Å²) in [5, 5.41) is 0. The second-order valence-electron chi connectivity index (χ2n) is 5.16. The van der Waals surface area contributed by atoms with Gasteiger partial charge in [0.05, 0.1) is 0 Å². The molecule has 0 fully saturated rings. The molecule has 0 saturated heterocycles. The molecule has 91 valence electrons. The average Bonchev–Trinajstić information content (AvgIpc) is 2.56. The molecule has 1 aromatic carbocycles. The Bertz CT molecular complexity index is 417. The van der Waals surface area contributed by atoms with Gasteiger partial charge >= 0.3 is 37.7 Å². The van der Waals surface area contributed by atoms with Crippen LogP contribution < -0.4 is 0 Å². The van der Waals surface area contributed by atoms with Gasteiger partial charge in [0.15, 0.2) is 0 Å². The molecule has 0 saturated carbocycles. The summed E-state index contributed by atoms with van der Waals surface area (Å²) in [5.41, 5.74) is 5.83. The Labute approximate surface area is 123 Å². The fourth-order valence-electron chi connectivity index (χ4n) is 2.04.